The Morgan fingerprint density at radius 2 is 1.96 bits per heavy atom. The lowest BCUT2D eigenvalue weighted by molar-refractivity contribution is -0.115. The summed E-state index contributed by atoms with van der Waals surface area (Å²) < 4.78 is 5.14. The van der Waals surface area contributed by atoms with E-state index in [4.69, 9.17) is 28.6 Å². The molecule has 0 bridgehead atoms. The van der Waals surface area contributed by atoms with Crippen LogP contribution in [-0.2, 0) is 4.79 Å². The molecule has 0 saturated heterocycles. The number of carbonyl (C=O) groups excluding carboxylic acids is 1. The predicted molar refractivity (Wildman–Crippen MR) is 102 cm³/mol. The summed E-state index contributed by atoms with van der Waals surface area (Å²) in [6.07, 6.45) is 0. The van der Waals surface area contributed by atoms with Crippen LogP contribution in [0.25, 0.3) is 0 Å². The average Bonchev–Trinajstić information content (AvgIpc) is 2.57. The molecule has 7 heteroatoms. The Bertz CT molecular complexity index is 752. The van der Waals surface area contributed by atoms with Gasteiger partial charge in [-0.2, -0.15) is 0 Å². The van der Waals surface area contributed by atoms with E-state index in [0.717, 1.165) is 17.0 Å². The van der Waals surface area contributed by atoms with Crippen molar-refractivity contribution in [2.45, 2.75) is 6.92 Å². The van der Waals surface area contributed by atoms with Crippen molar-refractivity contribution in [3.05, 3.63) is 53.1 Å². The Hall–Kier alpha value is -2.31. The number of thiocarbonyl (C=S) groups is 1. The molecular formula is C17H18ClN3O2S. The zero-order valence-electron chi connectivity index (χ0n) is 13.4. The third-order valence-corrected chi connectivity index (χ3v) is 3.93. The molecule has 0 aliphatic carbocycles. The number of hydrogen-bond donors (Lipinski definition) is 3. The van der Waals surface area contributed by atoms with Crippen LogP contribution in [0.2, 0.25) is 5.02 Å². The van der Waals surface area contributed by atoms with Gasteiger partial charge in [-0.15, -0.1) is 0 Å². The molecule has 2 aromatic carbocycles. The number of methoxy groups -OCH3 is 1. The minimum Gasteiger partial charge on any atom is -0.497 e. The molecule has 3 N–H and O–H groups in total. The number of halogens is 1. The van der Waals surface area contributed by atoms with E-state index in [0.29, 0.717) is 15.8 Å². The van der Waals surface area contributed by atoms with Gasteiger partial charge in [0.2, 0.25) is 5.91 Å². The maximum absolute atomic E-state index is 12.0. The number of carbonyl (C=O) groups is 1. The molecule has 0 aromatic heterocycles. The summed E-state index contributed by atoms with van der Waals surface area (Å²) in [5.41, 5.74) is 2.28. The van der Waals surface area contributed by atoms with Gasteiger partial charge in [-0.1, -0.05) is 23.7 Å². The van der Waals surface area contributed by atoms with Gasteiger partial charge >= 0.3 is 0 Å². The van der Waals surface area contributed by atoms with Gasteiger partial charge in [0.1, 0.15) is 5.75 Å². The van der Waals surface area contributed by atoms with Gasteiger partial charge in [-0.05, 0) is 49.0 Å². The number of rotatable bonds is 5. The Labute approximate surface area is 151 Å². The SMILES string of the molecule is COc1cccc(NC(=S)NCC(=O)Nc2cccc(Cl)c2C)c1. The van der Waals surface area contributed by atoms with Crippen molar-refractivity contribution in [1.29, 1.82) is 0 Å². The fraction of sp³-hybridized carbons (Fsp3) is 0.176. The molecule has 0 atom stereocenters. The highest BCUT2D eigenvalue weighted by molar-refractivity contribution is 7.80. The first-order chi connectivity index (χ1) is 11.5. The summed E-state index contributed by atoms with van der Waals surface area (Å²) >= 11 is 11.2. The molecule has 0 radical (unpaired) electrons. The number of anilines is 2. The number of amides is 1. The lowest BCUT2D eigenvalue weighted by atomic mass is 10.2. The van der Waals surface area contributed by atoms with E-state index in [1.165, 1.54) is 0 Å². The monoisotopic (exact) mass is 363 g/mol. The molecule has 0 aliphatic rings. The maximum atomic E-state index is 12.0. The Morgan fingerprint density at radius 1 is 1.21 bits per heavy atom. The normalized spacial score (nSPS) is 9.96. The molecule has 2 aromatic rings. The van der Waals surface area contributed by atoms with E-state index in [1.54, 1.807) is 25.3 Å². The summed E-state index contributed by atoms with van der Waals surface area (Å²) in [5.74, 6) is 0.507. The molecule has 126 valence electrons. The Balaban J connectivity index is 1.84. The van der Waals surface area contributed by atoms with Gasteiger partial charge in [0.05, 0.1) is 13.7 Å². The van der Waals surface area contributed by atoms with E-state index in [-0.39, 0.29) is 12.5 Å². The lowest BCUT2D eigenvalue weighted by Crippen LogP contribution is -2.35. The van der Waals surface area contributed by atoms with Crippen LogP contribution in [0, 0.1) is 6.92 Å². The fourth-order valence-corrected chi connectivity index (χ4v) is 2.34. The largest absolute Gasteiger partial charge is 0.497 e. The summed E-state index contributed by atoms with van der Waals surface area (Å²) in [5, 5.41) is 9.60. The highest BCUT2D eigenvalue weighted by atomic mass is 35.5. The second kappa shape index (κ2) is 8.52. The standard InChI is InChI=1S/C17H18ClN3O2S/c1-11-14(18)7-4-8-15(11)21-16(22)10-19-17(24)20-12-5-3-6-13(9-12)23-2/h3-9H,10H2,1-2H3,(H,21,22)(H2,19,20,24). The zero-order valence-corrected chi connectivity index (χ0v) is 14.9. The molecule has 0 heterocycles. The van der Waals surface area contributed by atoms with Crippen molar-refractivity contribution in [3.63, 3.8) is 0 Å². The summed E-state index contributed by atoms with van der Waals surface area (Å²) in [7, 11) is 1.60. The molecule has 0 spiro atoms. The van der Waals surface area contributed by atoms with E-state index < -0.39 is 0 Å². The maximum Gasteiger partial charge on any atom is 0.243 e. The second-order valence-electron chi connectivity index (χ2n) is 5.00. The van der Waals surface area contributed by atoms with E-state index in [9.17, 15) is 4.79 Å². The average molecular weight is 364 g/mol. The van der Waals surface area contributed by atoms with Crippen molar-refractivity contribution in [1.82, 2.24) is 5.32 Å². The quantitative estimate of drug-likeness (QED) is 0.709. The first kappa shape index (κ1) is 18.0. The van der Waals surface area contributed by atoms with Crippen molar-refractivity contribution >= 4 is 46.2 Å². The minimum absolute atomic E-state index is 0.0434. The van der Waals surface area contributed by atoms with E-state index in [2.05, 4.69) is 16.0 Å². The smallest absolute Gasteiger partial charge is 0.243 e. The van der Waals surface area contributed by atoms with Crippen molar-refractivity contribution < 1.29 is 9.53 Å². The molecule has 1 amide bonds. The molecule has 24 heavy (non-hydrogen) atoms. The van der Waals surface area contributed by atoms with Gasteiger partial charge in [0.15, 0.2) is 5.11 Å². The van der Waals surface area contributed by atoms with Gasteiger partial charge in [-0.25, -0.2) is 0 Å². The highest BCUT2D eigenvalue weighted by Gasteiger charge is 2.07. The van der Waals surface area contributed by atoms with E-state index >= 15 is 0 Å². The third-order valence-electron chi connectivity index (χ3n) is 3.28. The van der Waals surface area contributed by atoms with Gasteiger partial charge in [0, 0.05) is 22.5 Å². The van der Waals surface area contributed by atoms with Gasteiger partial charge in [0.25, 0.3) is 0 Å². The topological polar surface area (TPSA) is 62.4 Å². The molecule has 0 saturated carbocycles. The van der Waals surface area contributed by atoms with Crippen LogP contribution < -0.4 is 20.7 Å². The van der Waals surface area contributed by atoms with Crippen molar-refractivity contribution in [2.75, 3.05) is 24.3 Å². The van der Waals surface area contributed by atoms with Crippen LogP contribution in [0.15, 0.2) is 42.5 Å². The Kier molecular flexibility index (Phi) is 6.40. The summed E-state index contributed by atoms with van der Waals surface area (Å²) in [6.45, 7) is 1.89. The first-order valence-electron chi connectivity index (χ1n) is 7.23. The van der Waals surface area contributed by atoms with Crippen LogP contribution >= 0.6 is 23.8 Å². The second-order valence-corrected chi connectivity index (χ2v) is 5.82. The molecule has 2 rings (SSSR count). The van der Waals surface area contributed by atoms with Gasteiger partial charge in [-0.3, -0.25) is 4.79 Å². The molecule has 0 fully saturated rings. The lowest BCUT2D eigenvalue weighted by Gasteiger charge is -2.12. The number of hydrogen-bond acceptors (Lipinski definition) is 3. The molecule has 0 unspecified atom stereocenters. The van der Waals surface area contributed by atoms with Gasteiger partial charge < -0.3 is 20.7 Å². The summed E-state index contributed by atoms with van der Waals surface area (Å²) in [4.78, 5) is 12.0. The first-order valence-corrected chi connectivity index (χ1v) is 8.02. The van der Waals surface area contributed by atoms with Crippen LogP contribution in [0.1, 0.15) is 5.56 Å². The third kappa shape index (κ3) is 5.11. The Morgan fingerprint density at radius 3 is 2.71 bits per heavy atom. The number of benzene rings is 2. The highest BCUT2D eigenvalue weighted by Crippen LogP contribution is 2.22. The van der Waals surface area contributed by atoms with Crippen LogP contribution in [0.4, 0.5) is 11.4 Å². The zero-order chi connectivity index (χ0) is 17.5. The van der Waals surface area contributed by atoms with Crippen LogP contribution in [0.3, 0.4) is 0 Å². The van der Waals surface area contributed by atoms with Crippen LogP contribution in [0.5, 0.6) is 5.75 Å². The molecular weight excluding hydrogens is 346 g/mol. The number of ether oxygens (including phenoxy) is 1. The predicted octanol–water partition coefficient (Wildman–Crippen LogP) is 3.58. The fourth-order valence-electron chi connectivity index (χ4n) is 1.97. The van der Waals surface area contributed by atoms with E-state index in [1.807, 2.05) is 31.2 Å². The van der Waals surface area contributed by atoms with Crippen molar-refractivity contribution in [3.8, 4) is 5.75 Å². The number of nitrogens with one attached hydrogen (secondary N) is 3. The minimum atomic E-state index is -0.213. The molecule has 0 aliphatic heterocycles. The van der Waals surface area contributed by atoms with Crippen LogP contribution in [-0.4, -0.2) is 24.7 Å². The molecule has 5 nitrogen and oxygen atoms in total. The van der Waals surface area contributed by atoms with Crippen molar-refractivity contribution in [2.24, 2.45) is 0 Å². The summed E-state index contributed by atoms with van der Waals surface area (Å²) in [6, 6.07) is 12.7.